The Hall–Kier alpha value is -1.55. The van der Waals surface area contributed by atoms with Crippen molar-refractivity contribution >= 4 is 11.6 Å². The number of carbonyl (C=O) groups excluding carboxylic acids is 1. The molecule has 1 aliphatic heterocycles. The summed E-state index contributed by atoms with van der Waals surface area (Å²) in [7, 11) is 2.11. The Morgan fingerprint density at radius 2 is 2.11 bits per heavy atom. The molecule has 0 spiro atoms. The van der Waals surface area contributed by atoms with Gasteiger partial charge in [0.05, 0.1) is 5.56 Å². The van der Waals surface area contributed by atoms with Crippen molar-refractivity contribution in [3.8, 4) is 0 Å². The largest absolute Gasteiger partial charge is 0.385 e. The van der Waals surface area contributed by atoms with Gasteiger partial charge in [-0.05, 0) is 33.0 Å². The van der Waals surface area contributed by atoms with E-state index in [4.69, 9.17) is 0 Å². The normalized spacial score (nSPS) is 20.4. The number of hydrogen-bond donors (Lipinski definition) is 1. The lowest BCUT2D eigenvalue weighted by atomic mass is 10.1. The van der Waals surface area contributed by atoms with Crippen molar-refractivity contribution in [2.24, 2.45) is 0 Å². The molecule has 1 aromatic rings. The highest BCUT2D eigenvalue weighted by molar-refractivity contribution is 5.99. The van der Waals surface area contributed by atoms with Crippen molar-refractivity contribution in [3.05, 3.63) is 29.8 Å². The van der Waals surface area contributed by atoms with Crippen LogP contribution < -0.4 is 5.32 Å². The highest BCUT2D eigenvalue weighted by Crippen LogP contribution is 2.19. The van der Waals surface area contributed by atoms with Gasteiger partial charge in [-0.25, -0.2) is 0 Å². The second-order valence-electron chi connectivity index (χ2n) is 5.16. The SMILES string of the molecule is CCNc1ccccc1C(=O)N1CCN(C)C(C)C1. The van der Waals surface area contributed by atoms with Crippen LogP contribution in [0.2, 0.25) is 0 Å². The molecule has 1 aromatic carbocycles. The summed E-state index contributed by atoms with van der Waals surface area (Å²) in [5, 5.41) is 3.26. The van der Waals surface area contributed by atoms with Crippen LogP contribution in [0.4, 0.5) is 5.69 Å². The molecule has 1 saturated heterocycles. The van der Waals surface area contributed by atoms with Crippen molar-refractivity contribution in [1.82, 2.24) is 9.80 Å². The molecule has 1 unspecified atom stereocenters. The molecule has 1 aliphatic rings. The van der Waals surface area contributed by atoms with Gasteiger partial charge in [0.2, 0.25) is 0 Å². The molecular weight excluding hydrogens is 238 g/mol. The van der Waals surface area contributed by atoms with E-state index >= 15 is 0 Å². The standard InChI is InChI=1S/C15H23N3O/c1-4-16-14-8-6-5-7-13(14)15(19)18-10-9-17(3)12(2)11-18/h5-8,12,16H,4,9-11H2,1-3H3. The number of carbonyl (C=O) groups is 1. The number of nitrogens with one attached hydrogen (secondary N) is 1. The lowest BCUT2D eigenvalue weighted by Gasteiger charge is -2.37. The van der Waals surface area contributed by atoms with Gasteiger partial charge in [0.15, 0.2) is 0 Å². The molecule has 104 valence electrons. The number of anilines is 1. The lowest BCUT2D eigenvalue weighted by molar-refractivity contribution is 0.0573. The molecule has 4 nitrogen and oxygen atoms in total. The number of nitrogens with zero attached hydrogens (tertiary/aromatic N) is 2. The quantitative estimate of drug-likeness (QED) is 0.902. The Labute approximate surface area is 115 Å². The molecule has 4 heteroatoms. The molecule has 1 fully saturated rings. The summed E-state index contributed by atoms with van der Waals surface area (Å²) in [4.78, 5) is 16.9. The van der Waals surface area contributed by atoms with Crippen molar-refractivity contribution in [1.29, 1.82) is 0 Å². The number of benzene rings is 1. The first-order valence-electron chi connectivity index (χ1n) is 6.96. The Morgan fingerprint density at radius 3 is 2.79 bits per heavy atom. The number of likely N-dealkylation sites (N-methyl/N-ethyl adjacent to an activating group) is 1. The van der Waals surface area contributed by atoms with Crippen LogP contribution in [0.15, 0.2) is 24.3 Å². The van der Waals surface area contributed by atoms with E-state index in [0.29, 0.717) is 6.04 Å². The summed E-state index contributed by atoms with van der Waals surface area (Å²) in [6, 6.07) is 8.18. The minimum atomic E-state index is 0.136. The zero-order valence-electron chi connectivity index (χ0n) is 12.0. The summed E-state index contributed by atoms with van der Waals surface area (Å²) in [5.74, 6) is 0.136. The summed E-state index contributed by atoms with van der Waals surface area (Å²) in [6.07, 6.45) is 0. The maximum absolute atomic E-state index is 12.6. The van der Waals surface area contributed by atoms with E-state index in [9.17, 15) is 4.79 Å². The lowest BCUT2D eigenvalue weighted by Crippen LogP contribution is -2.52. The number of rotatable bonds is 3. The fraction of sp³-hybridized carbons (Fsp3) is 0.533. The van der Waals surface area contributed by atoms with Crippen LogP contribution >= 0.6 is 0 Å². The number of para-hydroxylation sites is 1. The fourth-order valence-electron chi connectivity index (χ4n) is 2.42. The van der Waals surface area contributed by atoms with Crippen LogP contribution in [-0.4, -0.2) is 55.0 Å². The van der Waals surface area contributed by atoms with Gasteiger partial charge < -0.3 is 15.1 Å². The molecule has 1 N–H and O–H groups in total. The first kappa shape index (κ1) is 13.9. The van der Waals surface area contributed by atoms with Crippen molar-refractivity contribution in [3.63, 3.8) is 0 Å². The zero-order chi connectivity index (χ0) is 13.8. The van der Waals surface area contributed by atoms with Crippen LogP contribution in [0.5, 0.6) is 0 Å². The van der Waals surface area contributed by atoms with Gasteiger partial charge in [0.25, 0.3) is 5.91 Å². The molecule has 1 atom stereocenters. The molecule has 0 aliphatic carbocycles. The maximum Gasteiger partial charge on any atom is 0.256 e. The van der Waals surface area contributed by atoms with Gasteiger partial charge in [-0.2, -0.15) is 0 Å². The predicted molar refractivity (Wildman–Crippen MR) is 78.6 cm³/mol. The van der Waals surface area contributed by atoms with Crippen LogP contribution in [0.1, 0.15) is 24.2 Å². The van der Waals surface area contributed by atoms with E-state index in [1.165, 1.54) is 0 Å². The van der Waals surface area contributed by atoms with Gasteiger partial charge >= 0.3 is 0 Å². The van der Waals surface area contributed by atoms with Crippen LogP contribution in [0.3, 0.4) is 0 Å². The van der Waals surface area contributed by atoms with E-state index in [-0.39, 0.29) is 5.91 Å². The van der Waals surface area contributed by atoms with Crippen molar-refractivity contribution in [2.45, 2.75) is 19.9 Å². The van der Waals surface area contributed by atoms with E-state index in [1.807, 2.05) is 36.1 Å². The number of amides is 1. The van der Waals surface area contributed by atoms with E-state index in [2.05, 4.69) is 24.2 Å². The summed E-state index contributed by atoms with van der Waals surface area (Å²) in [5.41, 5.74) is 1.71. The molecular formula is C15H23N3O. The summed E-state index contributed by atoms with van der Waals surface area (Å²) in [6.45, 7) is 7.57. The van der Waals surface area contributed by atoms with Gasteiger partial charge in [-0.1, -0.05) is 12.1 Å². The number of piperazine rings is 1. The molecule has 0 radical (unpaired) electrons. The van der Waals surface area contributed by atoms with Gasteiger partial charge in [0.1, 0.15) is 0 Å². The molecule has 19 heavy (non-hydrogen) atoms. The molecule has 2 rings (SSSR count). The van der Waals surface area contributed by atoms with Crippen LogP contribution in [-0.2, 0) is 0 Å². The van der Waals surface area contributed by atoms with E-state index in [0.717, 1.165) is 37.4 Å². The highest BCUT2D eigenvalue weighted by Gasteiger charge is 2.26. The minimum Gasteiger partial charge on any atom is -0.385 e. The zero-order valence-corrected chi connectivity index (χ0v) is 12.0. The van der Waals surface area contributed by atoms with Crippen LogP contribution in [0.25, 0.3) is 0 Å². The Kier molecular flexibility index (Phi) is 4.43. The molecule has 0 aromatic heterocycles. The highest BCUT2D eigenvalue weighted by atomic mass is 16.2. The summed E-state index contributed by atoms with van der Waals surface area (Å²) >= 11 is 0. The van der Waals surface area contributed by atoms with Gasteiger partial charge in [0, 0.05) is 37.9 Å². The second kappa shape index (κ2) is 6.06. The fourth-order valence-corrected chi connectivity index (χ4v) is 2.42. The van der Waals surface area contributed by atoms with Crippen LogP contribution in [0, 0.1) is 0 Å². The molecule has 1 amide bonds. The third-order valence-electron chi connectivity index (χ3n) is 3.77. The van der Waals surface area contributed by atoms with E-state index in [1.54, 1.807) is 0 Å². The third-order valence-corrected chi connectivity index (χ3v) is 3.77. The van der Waals surface area contributed by atoms with Crippen molar-refractivity contribution in [2.75, 3.05) is 38.5 Å². The van der Waals surface area contributed by atoms with E-state index < -0.39 is 0 Å². The molecule has 1 heterocycles. The Bertz CT molecular complexity index is 447. The smallest absolute Gasteiger partial charge is 0.256 e. The number of hydrogen-bond acceptors (Lipinski definition) is 3. The maximum atomic E-state index is 12.6. The monoisotopic (exact) mass is 261 g/mol. The Morgan fingerprint density at radius 1 is 1.37 bits per heavy atom. The first-order valence-corrected chi connectivity index (χ1v) is 6.96. The molecule has 0 bridgehead atoms. The minimum absolute atomic E-state index is 0.136. The predicted octanol–water partition coefficient (Wildman–Crippen LogP) is 1.89. The average molecular weight is 261 g/mol. The second-order valence-corrected chi connectivity index (χ2v) is 5.16. The third kappa shape index (κ3) is 3.07. The topological polar surface area (TPSA) is 35.6 Å². The Balaban J connectivity index is 2.15. The average Bonchev–Trinajstić information content (AvgIpc) is 2.42. The van der Waals surface area contributed by atoms with Crippen molar-refractivity contribution < 1.29 is 4.79 Å². The first-order chi connectivity index (χ1) is 9.13. The molecule has 0 saturated carbocycles. The summed E-state index contributed by atoms with van der Waals surface area (Å²) < 4.78 is 0. The van der Waals surface area contributed by atoms with Gasteiger partial charge in [-0.15, -0.1) is 0 Å². The van der Waals surface area contributed by atoms with Gasteiger partial charge in [-0.3, -0.25) is 4.79 Å².